The van der Waals surface area contributed by atoms with Gasteiger partial charge in [0.05, 0.1) is 4.92 Å². The molecule has 0 fully saturated rings. The Morgan fingerprint density at radius 1 is 1.37 bits per heavy atom. The number of hydrogen-bond acceptors (Lipinski definition) is 5. The van der Waals surface area contributed by atoms with Crippen molar-refractivity contribution in [1.82, 2.24) is 5.16 Å². The Morgan fingerprint density at radius 3 is 2.63 bits per heavy atom. The number of nitro groups is 1. The fourth-order valence-corrected chi connectivity index (χ4v) is 1.56. The van der Waals surface area contributed by atoms with Gasteiger partial charge in [-0.1, -0.05) is 5.16 Å². The van der Waals surface area contributed by atoms with Crippen LogP contribution in [0.2, 0.25) is 0 Å². The van der Waals surface area contributed by atoms with E-state index >= 15 is 0 Å². The summed E-state index contributed by atoms with van der Waals surface area (Å²) in [5.74, 6) is 0.111. The molecule has 7 heteroatoms. The van der Waals surface area contributed by atoms with Crippen molar-refractivity contribution in [3.63, 3.8) is 0 Å². The molecule has 7 nitrogen and oxygen atoms in total. The SMILES string of the molecule is Cc1cc(C(=O)Nc2ccc([N+](=O)[O-])cc2C)no1. The van der Waals surface area contributed by atoms with Crippen LogP contribution in [0.5, 0.6) is 0 Å². The fourth-order valence-electron chi connectivity index (χ4n) is 1.56. The summed E-state index contributed by atoms with van der Waals surface area (Å²) in [5.41, 5.74) is 1.24. The Kier molecular flexibility index (Phi) is 3.28. The zero-order valence-electron chi connectivity index (χ0n) is 10.3. The summed E-state index contributed by atoms with van der Waals surface area (Å²) in [6, 6.07) is 5.72. The van der Waals surface area contributed by atoms with E-state index in [1.807, 2.05) is 0 Å². The highest BCUT2D eigenvalue weighted by Crippen LogP contribution is 2.21. The highest BCUT2D eigenvalue weighted by atomic mass is 16.6. The van der Waals surface area contributed by atoms with E-state index in [-0.39, 0.29) is 11.4 Å². The molecule has 1 N–H and O–H groups in total. The minimum atomic E-state index is -0.487. The largest absolute Gasteiger partial charge is 0.361 e. The van der Waals surface area contributed by atoms with E-state index in [2.05, 4.69) is 10.5 Å². The summed E-state index contributed by atoms with van der Waals surface area (Å²) in [5, 5.41) is 16.8. The molecule has 0 unspecified atom stereocenters. The van der Waals surface area contributed by atoms with Crippen molar-refractivity contribution in [3.05, 3.63) is 51.4 Å². The third-order valence-electron chi connectivity index (χ3n) is 2.53. The lowest BCUT2D eigenvalue weighted by molar-refractivity contribution is -0.384. The van der Waals surface area contributed by atoms with Gasteiger partial charge in [0.15, 0.2) is 5.69 Å². The first-order valence-electron chi connectivity index (χ1n) is 5.47. The summed E-state index contributed by atoms with van der Waals surface area (Å²) in [6.07, 6.45) is 0. The van der Waals surface area contributed by atoms with Crippen molar-refractivity contribution in [3.8, 4) is 0 Å². The predicted octanol–water partition coefficient (Wildman–Crippen LogP) is 2.45. The molecule has 0 radical (unpaired) electrons. The number of rotatable bonds is 3. The number of anilines is 1. The van der Waals surface area contributed by atoms with E-state index < -0.39 is 10.8 Å². The van der Waals surface area contributed by atoms with Crippen LogP contribution in [0.15, 0.2) is 28.8 Å². The number of amides is 1. The summed E-state index contributed by atoms with van der Waals surface area (Å²) < 4.78 is 4.80. The summed E-state index contributed by atoms with van der Waals surface area (Å²) in [4.78, 5) is 22.0. The summed E-state index contributed by atoms with van der Waals surface area (Å²) in [6.45, 7) is 3.36. The molecule has 0 saturated carbocycles. The van der Waals surface area contributed by atoms with Crippen molar-refractivity contribution < 1.29 is 14.2 Å². The Balaban J connectivity index is 2.20. The lowest BCUT2D eigenvalue weighted by Crippen LogP contribution is -2.13. The van der Waals surface area contributed by atoms with E-state index in [0.717, 1.165) is 0 Å². The van der Waals surface area contributed by atoms with E-state index in [1.54, 1.807) is 13.8 Å². The van der Waals surface area contributed by atoms with Gasteiger partial charge in [0.25, 0.3) is 11.6 Å². The van der Waals surface area contributed by atoms with Crippen molar-refractivity contribution in [2.45, 2.75) is 13.8 Å². The first-order chi connectivity index (χ1) is 8.97. The second-order valence-corrected chi connectivity index (χ2v) is 4.03. The van der Waals surface area contributed by atoms with Crippen LogP contribution in [0.25, 0.3) is 0 Å². The van der Waals surface area contributed by atoms with Crippen LogP contribution in [-0.4, -0.2) is 16.0 Å². The summed E-state index contributed by atoms with van der Waals surface area (Å²) >= 11 is 0. The molecule has 0 aliphatic heterocycles. The maximum atomic E-state index is 11.8. The van der Waals surface area contributed by atoms with Gasteiger partial charge in [0.2, 0.25) is 0 Å². The quantitative estimate of drug-likeness (QED) is 0.675. The second-order valence-electron chi connectivity index (χ2n) is 4.03. The van der Waals surface area contributed by atoms with Crippen LogP contribution >= 0.6 is 0 Å². The second kappa shape index (κ2) is 4.89. The Morgan fingerprint density at radius 2 is 2.11 bits per heavy atom. The highest BCUT2D eigenvalue weighted by Gasteiger charge is 2.14. The minimum absolute atomic E-state index is 0.0206. The number of aromatic nitrogens is 1. The van der Waals surface area contributed by atoms with Crippen molar-refractivity contribution >= 4 is 17.3 Å². The number of nitrogens with one attached hydrogen (secondary N) is 1. The predicted molar refractivity (Wildman–Crippen MR) is 67.0 cm³/mol. The van der Waals surface area contributed by atoms with Crippen LogP contribution < -0.4 is 5.32 Å². The molecule has 0 aliphatic carbocycles. The van der Waals surface area contributed by atoms with Crippen molar-refractivity contribution in [1.29, 1.82) is 0 Å². The van der Waals surface area contributed by atoms with E-state index in [0.29, 0.717) is 17.0 Å². The van der Waals surface area contributed by atoms with Gasteiger partial charge >= 0.3 is 0 Å². The van der Waals surface area contributed by atoms with Crippen molar-refractivity contribution in [2.75, 3.05) is 5.32 Å². The number of nitrogens with zero attached hydrogens (tertiary/aromatic N) is 2. The van der Waals surface area contributed by atoms with Gasteiger partial charge in [0, 0.05) is 23.9 Å². The number of hydrogen-bond donors (Lipinski definition) is 1. The van der Waals surface area contributed by atoms with Crippen LogP contribution in [0, 0.1) is 24.0 Å². The van der Waals surface area contributed by atoms with Crippen LogP contribution in [0.3, 0.4) is 0 Å². The maximum absolute atomic E-state index is 11.8. The molecule has 98 valence electrons. The molecule has 1 amide bonds. The van der Waals surface area contributed by atoms with E-state index in [4.69, 9.17) is 4.52 Å². The fraction of sp³-hybridized carbons (Fsp3) is 0.167. The standard InChI is InChI=1S/C12H11N3O4/c1-7-5-9(15(17)18)3-4-10(7)13-12(16)11-6-8(2)19-14-11/h3-6H,1-2H3,(H,13,16). The number of carbonyl (C=O) groups excluding carboxylic acids is 1. The van der Waals surface area contributed by atoms with Crippen LogP contribution in [0.1, 0.15) is 21.8 Å². The third-order valence-corrected chi connectivity index (χ3v) is 2.53. The molecular weight excluding hydrogens is 250 g/mol. The Bertz CT molecular complexity index is 648. The van der Waals surface area contributed by atoms with Gasteiger partial charge in [-0.2, -0.15) is 0 Å². The average Bonchev–Trinajstić information content (AvgIpc) is 2.78. The summed E-state index contributed by atoms with van der Waals surface area (Å²) in [7, 11) is 0. The Hall–Kier alpha value is -2.70. The lowest BCUT2D eigenvalue weighted by atomic mass is 10.1. The minimum Gasteiger partial charge on any atom is -0.361 e. The number of aryl methyl sites for hydroxylation is 2. The molecule has 0 bridgehead atoms. The monoisotopic (exact) mass is 261 g/mol. The molecule has 1 aromatic carbocycles. The molecule has 1 heterocycles. The van der Waals surface area contributed by atoms with E-state index in [9.17, 15) is 14.9 Å². The topological polar surface area (TPSA) is 98.3 Å². The first kappa shape index (κ1) is 12.7. The zero-order valence-corrected chi connectivity index (χ0v) is 10.3. The molecule has 0 spiro atoms. The molecule has 2 rings (SSSR count). The van der Waals surface area contributed by atoms with Crippen LogP contribution in [0.4, 0.5) is 11.4 Å². The number of non-ortho nitro benzene ring substituents is 1. The molecule has 19 heavy (non-hydrogen) atoms. The van der Waals surface area contributed by atoms with Gasteiger partial charge < -0.3 is 9.84 Å². The Labute approximate surface area is 108 Å². The van der Waals surface area contributed by atoms with Crippen molar-refractivity contribution in [2.24, 2.45) is 0 Å². The maximum Gasteiger partial charge on any atom is 0.277 e. The van der Waals surface area contributed by atoms with Crippen LogP contribution in [-0.2, 0) is 0 Å². The number of carbonyl (C=O) groups is 1. The lowest BCUT2D eigenvalue weighted by Gasteiger charge is -2.06. The normalized spacial score (nSPS) is 10.2. The molecule has 0 saturated heterocycles. The van der Waals surface area contributed by atoms with Gasteiger partial charge in [-0.05, 0) is 25.5 Å². The van der Waals surface area contributed by atoms with E-state index in [1.165, 1.54) is 24.3 Å². The molecule has 0 aliphatic rings. The average molecular weight is 261 g/mol. The molecule has 0 atom stereocenters. The zero-order chi connectivity index (χ0) is 14.0. The van der Waals surface area contributed by atoms with Gasteiger partial charge in [0.1, 0.15) is 5.76 Å². The molecular formula is C12H11N3O4. The highest BCUT2D eigenvalue weighted by molar-refractivity contribution is 6.03. The number of benzene rings is 1. The van der Waals surface area contributed by atoms with Gasteiger partial charge in [-0.15, -0.1) is 0 Å². The molecule has 1 aromatic heterocycles. The third kappa shape index (κ3) is 2.76. The first-order valence-corrected chi connectivity index (χ1v) is 5.47. The molecule has 2 aromatic rings. The smallest absolute Gasteiger partial charge is 0.277 e. The van der Waals surface area contributed by atoms with Gasteiger partial charge in [-0.25, -0.2) is 0 Å². The van der Waals surface area contributed by atoms with Gasteiger partial charge in [-0.3, -0.25) is 14.9 Å². The number of nitro benzene ring substituents is 1.